The Morgan fingerprint density at radius 3 is 2.31 bits per heavy atom. The van der Waals surface area contributed by atoms with E-state index >= 15 is 0 Å². The first kappa shape index (κ1) is 15.7. The maximum Gasteiger partial charge on any atom is 0.0300 e. The quantitative estimate of drug-likeness (QED) is 0.640. The number of allylic oxidation sites excluding steroid dienone is 1. The molecule has 0 aliphatic rings. The van der Waals surface area contributed by atoms with Gasteiger partial charge in [-0.25, -0.2) is 0 Å². The van der Waals surface area contributed by atoms with Crippen molar-refractivity contribution in [1.82, 2.24) is 10.2 Å². The molecule has 0 spiro atoms. The number of nitrogens with one attached hydrogen (secondary N) is 1. The van der Waals surface area contributed by atoms with Crippen molar-refractivity contribution in [3.8, 4) is 0 Å². The van der Waals surface area contributed by atoms with Crippen LogP contribution in [0.5, 0.6) is 0 Å². The standard InChI is InChI=1S/C14H30N2/c1-8-11-15-13(10-9-12(2)3)14(4,5)16(6)7/h13,15H,2,8-11H2,1,3-7H3. The Balaban J connectivity index is 4.45. The Hall–Kier alpha value is -0.340. The molecule has 2 heteroatoms. The smallest absolute Gasteiger partial charge is 0.0300 e. The maximum absolute atomic E-state index is 3.99. The molecule has 0 saturated heterocycles. The third kappa shape index (κ3) is 5.13. The monoisotopic (exact) mass is 226 g/mol. The highest BCUT2D eigenvalue weighted by molar-refractivity contribution is 4.96. The zero-order valence-electron chi connectivity index (χ0n) is 12.1. The minimum atomic E-state index is 0.185. The predicted octanol–water partition coefficient (Wildman–Crippen LogP) is 3.05. The molecule has 0 aliphatic carbocycles. The molecular formula is C14H30N2. The molecule has 1 atom stereocenters. The summed E-state index contributed by atoms with van der Waals surface area (Å²) in [5.41, 5.74) is 1.46. The molecule has 0 aromatic rings. The van der Waals surface area contributed by atoms with Gasteiger partial charge in [0.1, 0.15) is 0 Å². The van der Waals surface area contributed by atoms with Gasteiger partial charge in [-0.2, -0.15) is 0 Å². The zero-order chi connectivity index (χ0) is 12.8. The first-order valence-electron chi connectivity index (χ1n) is 6.37. The van der Waals surface area contributed by atoms with Gasteiger partial charge in [-0.15, -0.1) is 6.58 Å². The normalized spacial score (nSPS) is 14.2. The molecule has 0 aromatic heterocycles. The lowest BCUT2D eigenvalue weighted by Crippen LogP contribution is -2.55. The summed E-state index contributed by atoms with van der Waals surface area (Å²) in [4.78, 5) is 2.30. The van der Waals surface area contributed by atoms with Crippen LogP contribution in [-0.2, 0) is 0 Å². The van der Waals surface area contributed by atoms with E-state index in [0.717, 1.165) is 13.0 Å². The third-order valence-corrected chi connectivity index (χ3v) is 3.51. The van der Waals surface area contributed by atoms with E-state index in [2.05, 4.69) is 58.6 Å². The van der Waals surface area contributed by atoms with Crippen LogP contribution < -0.4 is 5.32 Å². The van der Waals surface area contributed by atoms with Crippen molar-refractivity contribution in [3.05, 3.63) is 12.2 Å². The summed E-state index contributed by atoms with van der Waals surface area (Å²) in [5, 5.41) is 3.66. The first-order valence-corrected chi connectivity index (χ1v) is 6.37. The summed E-state index contributed by atoms with van der Waals surface area (Å²) in [6.07, 6.45) is 3.46. The molecule has 0 aromatic carbocycles. The summed E-state index contributed by atoms with van der Waals surface area (Å²) in [6.45, 7) is 14.0. The van der Waals surface area contributed by atoms with E-state index < -0.39 is 0 Å². The summed E-state index contributed by atoms with van der Waals surface area (Å²) in [6, 6.07) is 0.527. The third-order valence-electron chi connectivity index (χ3n) is 3.51. The van der Waals surface area contributed by atoms with Gasteiger partial charge in [-0.1, -0.05) is 12.5 Å². The average Bonchev–Trinajstić information content (AvgIpc) is 2.16. The van der Waals surface area contributed by atoms with Crippen molar-refractivity contribution in [2.75, 3.05) is 20.6 Å². The van der Waals surface area contributed by atoms with Crippen molar-refractivity contribution in [2.24, 2.45) is 0 Å². The molecular weight excluding hydrogens is 196 g/mol. The van der Waals surface area contributed by atoms with Crippen LogP contribution in [0.25, 0.3) is 0 Å². The molecule has 2 nitrogen and oxygen atoms in total. The highest BCUT2D eigenvalue weighted by Gasteiger charge is 2.30. The molecule has 0 saturated carbocycles. The Morgan fingerprint density at radius 2 is 1.94 bits per heavy atom. The van der Waals surface area contributed by atoms with Gasteiger partial charge in [-0.05, 0) is 60.7 Å². The average molecular weight is 226 g/mol. The van der Waals surface area contributed by atoms with Crippen LogP contribution in [0.2, 0.25) is 0 Å². The SMILES string of the molecule is C=C(C)CCC(NCCC)C(C)(C)N(C)C. The summed E-state index contributed by atoms with van der Waals surface area (Å²) >= 11 is 0. The molecule has 0 amide bonds. The van der Waals surface area contributed by atoms with Gasteiger partial charge in [0.25, 0.3) is 0 Å². The van der Waals surface area contributed by atoms with Crippen LogP contribution in [0.4, 0.5) is 0 Å². The number of nitrogens with zero attached hydrogens (tertiary/aromatic N) is 1. The number of hydrogen-bond acceptors (Lipinski definition) is 2. The van der Waals surface area contributed by atoms with E-state index in [1.54, 1.807) is 0 Å². The lowest BCUT2D eigenvalue weighted by molar-refractivity contribution is 0.132. The Labute approximate surface area is 102 Å². The van der Waals surface area contributed by atoms with E-state index in [1.807, 2.05) is 0 Å². The molecule has 0 bridgehead atoms. The van der Waals surface area contributed by atoms with Crippen molar-refractivity contribution >= 4 is 0 Å². The van der Waals surface area contributed by atoms with E-state index in [9.17, 15) is 0 Å². The van der Waals surface area contributed by atoms with Gasteiger partial charge in [-0.3, -0.25) is 0 Å². The van der Waals surface area contributed by atoms with Crippen molar-refractivity contribution in [1.29, 1.82) is 0 Å². The van der Waals surface area contributed by atoms with Crippen molar-refractivity contribution in [2.45, 2.75) is 58.5 Å². The summed E-state index contributed by atoms with van der Waals surface area (Å²) in [7, 11) is 4.31. The van der Waals surface area contributed by atoms with E-state index in [4.69, 9.17) is 0 Å². The largest absolute Gasteiger partial charge is 0.312 e. The van der Waals surface area contributed by atoms with Crippen LogP contribution in [0, 0.1) is 0 Å². The molecule has 0 rings (SSSR count). The molecule has 1 unspecified atom stereocenters. The first-order chi connectivity index (χ1) is 7.32. The fourth-order valence-electron chi connectivity index (χ4n) is 1.73. The fraction of sp³-hybridized carbons (Fsp3) is 0.857. The second kappa shape index (κ2) is 7.08. The Morgan fingerprint density at radius 1 is 1.38 bits per heavy atom. The zero-order valence-corrected chi connectivity index (χ0v) is 12.1. The highest BCUT2D eigenvalue weighted by Crippen LogP contribution is 2.21. The van der Waals surface area contributed by atoms with Gasteiger partial charge in [0, 0.05) is 11.6 Å². The molecule has 0 heterocycles. The van der Waals surface area contributed by atoms with Crippen LogP contribution in [0.1, 0.15) is 47.0 Å². The minimum Gasteiger partial charge on any atom is -0.312 e. The summed E-state index contributed by atoms with van der Waals surface area (Å²) in [5.74, 6) is 0. The molecule has 96 valence electrons. The van der Waals surface area contributed by atoms with Gasteiger partial charge in [0.05, 0.1) is 0 Å². The van der Waals surface area contributed by atoms with Gasteiger partial charge >= 0.3 is 0 Å². The molecule has 1 N–H and O–H groups in total. The highest BCUT2D eigenvalue weighted by atomic mass is 15.2. The van der Waals surface area contributed by atoms with Crippen LogP contribution in [0.3, 0.4) is 0 Å². The number of likely N-dealkylation sites (N-methyl/N-ethyl adjacent to an activating group) is 1. The molecule has 0 aliphatic heterocycles. The van der Waals surface area contributed by atoms with Crippen molar-refractivity contribution in [3.63, 3.8) is 0 Å². The predicted molar refractivity (Wildman–Crippen MR) is 73.9 cm³/mol. The Kier molecular flexibility index (Phi) is 6.93. The maximum atomic E-state index is 3.99. The lowest BCUT2D eigenvalue weighted by atomic mass is 9.88. The van der Waals surface area contributed by atoms with E-state index in [-0.39, 0.29) is 5.54 Å². The van der Waals surface area contributed by atoms with E-state index in [0.29, 0.717) is 6.04 Å². The Bertz CT molecular complexity index is 207. The number of rotatable bonds is 8. The minimum absolute atomic E-state index is 0.185. The van der Waals surface area contributed by atoms with E-state index in [1.165, 1.54) is 18.4 Å². The second-order valence-corrected chi connectivity index (χ2v) is 5.55. The topological polar surface area (TPSA) is 15.3 Å². The van der Waals surface area contributed by atoms with Crippen molar-refractivity contribution < 1.29 is 0 Å². The summed E-state index contributed by atoms with van der Waals surface area (Å²) < 4.78 is 0. The molecule has 16 heavy (non-hydrogen) atoms. The van der Waals surface area contributed by atoms with Gasteiger partial charge < -0.3 is 10.2 Å². The molecule has 0 radical (unpaired) electrons. The fourth-order valence-corrected chi connectivity index (χ4v) is 1.73. The number of hydrogen-bond donors (Lipinski definition) is 1. The molecule has 0 fully saturated rings. The van der Waals surface area contributed by atoms with Crippen LogP contribution >= 0.6 is 0 Å². The van der Waals surface area contributed by atoms with Crippen LogP contribution in [0.15, 0.2) is 12.2 Å². The van der Waals surface area contributed by atoms with Crippen LogP contribution in [-0.4, -0.2) is 37.1 Å². The van der Waals surface area contributed by atoms with Gasteiger partial charge in [0.15, 0.2) is 0 Å². The second-order valence-electron chi connectivity index (χ2n) is 5.55. The lowest BCUT2D eigenvalue weighted by Gasteiger charge is -2.41. The van der Waals surface area contributed by atoms with Gasteiger partial charge in [0.2, 0.25) is 0 Å².